The van der Waals surface area contributed by atoms with Crippen LogP contribution >= 0.6 is 11.3 Å². The van der Waals surface area contributed by atoms with Crippen LogP contribution in [0.3, 0.4) is 0 Å². The molecule has 9 heteroatoms. The first-order valence-electron chi connectivity index (χ1n) is 6.34. The molecule has 3 heterocycles. The van der Waals surface area contributed by atoms with Crippen LogP contribution < -0.4 is 5.32 Å². The minimum absolute atomic E-state index is 0.0420. The van der Waals surface area contributed by atoms with Crippen LogP contribution in [0.4, 0.5) is 11.6 Å². The van der Waals surface area contributed by atoms with Crippen LogP contribution in [0.2, 0.25) is 0 Å². The van der Waals surface area contributed by atoms with Crippen molar-refractivity contribution in [1.82, 2.24) is 19.2 Å². The molecule has 0 aliphatic rings. The molecular formula is C12H14N6O2S. The van der Waals surface area contributed by atoms with Crippen LogP contribution in [0.1, 0.15) is 24.2 Å². The lowest BCUT2D eigenvalue weighted by molar-refractivity contribution is -0.389. The standard InChI is InChI=1S/C12H14N6O2S/c1-7(9-6-16(3)15-8(9)2)13-10-11(18(19)20)17-4-5-21-12(17)14-10/h4-7,13H,1-3H3/t7-/m0/s1. The van der Waals surface area contributed by atoms with Gasteiger partial charge in [0.25, 0.3) is 4.96 Å². The summed E-state index contributed by atoms with van der Waals surface area (Å²) in [5, 5.41) is 20.4. The van der Waals surface area contributed by atoms with Crippen LogP contribution in [-0.2, 0) is 7.05 Å². The molecule has 110 valence electrons. The third kappa shape index (κ3) is 2.25. The van der Waals surface area contributed by atoms with E-state index in [1.54, 1.807) is 16.3 Å². The Hall–Kier alpha value is -2.42. The Morgan fingerprint density at radius 3 is 2.90 bits per heavy atom. The van der Waals surface area contributed by atoms with E-state index in [4.69, 9.17) is 0 Å². The van der Waals surface area contributed by atoms with Crippen molar-refractivity contribution in [3.05, 3.63) is 39.1 Å². The third-order valence-electron chi connectivity index (χ3n) is 3.28. The van der Waals surface area contributed by atoms with Gasteiger partial charge in [0.2, 0.25) is 5.82 Å². The Morgan fingerprint density at radius 1 is 1.52 bits per heavy atom. The van der Waals surface area contributed by atoms with E-state index in [2.05, 4.69) is 15.4 Å². The van der Waals surface area contributed by atoms with Gasteiger partial charge in [-0.1, -0.05) is 11.3 Å². The lowest BCUT2D eigenvalue weighted by Crippen LogP contribution is -2.09. The number of thiazole rings is 1. The molecule has 0 saturated heterocycles. The predicted molar refractivity (Wildman–Crippen MR) is 79.7 cm³/mol. The first kappa shape index (κ1) is 13.6. The number of aryl methyl sites for hydroxylation is 2. The number of nitro groups is 1. The van der Waals surface area contributed by atoms with E-state index < -0.39 is 4.92 Å². The molecule has 0 fully saturated rings. The summed E-state index contributed by atoms with van der Waals surface area (Å²) in [6.07, 6.45) is 3.55. The quantitative estimate of drug-likeness (QED) is 0.591. The molecule has 0 spiro atoms. The number of hydrogen-bond acceptors (Lipinski definition) is 6. The van der Waals surface area contributed by atoms with Gasteiger partial charge < -0.3 is 15.4 Å². The molecule has 0 aliphatic heterocycles. The Morgan fingerprint density at radius 2 is 2.29 bits per heavy atom. The van der Waals surface area contributed by atoms with Crippen LogP contribution in [0.5, 0.6) is 0 Å². The Balaban J connectivity index is 1.97. The van der Waals surface area contributed by atoms with Crippen LogP contribution in [0.15, 0.2) is 17.8 Å². The fraction of sp³-hybridized carbons (Fsp3) is 0.333. The smallest absolute Gasteiger partial charge is 0.358 e. The van der Waals surface area contributed by atoms with Crippen molar-refractivity contribution in [3.8, 4) is 0 Å². The molecule has 0 radical (unpaired) electrons. The van der Waals surface area contributed by atoms with Gasteiger partial charge in [0.05, 0.1) is 11.7 Å². The zero-order chi connectivity index (χ0) is 15.1. The molecule has 21 heavy (non-hydrogen) atoms. The van der Waals surface area contributed by atoms with Crippen molar-refractivity contribution in [2.45, 2.75) is 19.9 Å². The number of anilines is 1. The molecule has 0 aromatic carbocycles. The van der Waals surface area contributed by atoms with Gasteiger partial charge in [-0.2, -0.15) is 14.5 Å². The van der Waals surface area contributed by atoms with Gasteiger partial charge >= 0.3 is 5.82 Å². The van der Waals surface area contributed by atoms with Gasteiger partial charge in [-0.25, -0.2) is 0 Å². The summed E-state index contributed by atoms with van der Waals surface area (Å²) in [4.78, 5) is 15.8. The van der Waals surface area contributed by atoms with E-state index in [-0.39, 0.29) is 17.7 Å². The average molecular weight is 306 g/mol. The molecule has 0 aliphatic carbocycles. The SMILES string of the molecule is Cc1nn(C)cc1[C@H](C)Nc1nc2sccn2c1[N+](=O)[O-]. The zero-order valence-corrected chi connectivity index (χ0v) is 12.6. The maximum Gasteiger partial charge on any atom is 0.372 e. The first-order chi connectivity index (χ1) is 9.97. The van der Waals surface area contributed by atoms with Crippen LogP contribution in [0.25, 0.3) is 4.96 Å². The second-order valence-corrected chi connectivity index (χ2v) is 5.68. The average Bonchev–Trinajstić information content (AvgIpc) is 3.02. The topological polar surface area (TPSA) is 90.3 Å². The maximum atomic E-state index is 11.3. The molecule has 3 aromatic rings. The van der Waals surface area contributed by atoms with Crippen molar-refractivity contribution < 1.29 is 4.92 Å². The number of imidazole rings is 1. The first-order valence-corrected chi connectivity index (χ1v) is 7.22. The molecule has 1 atom stereocenters. The van der Waals surface area contributed by atoms with Crippen molar-refractivity contribution in [3.63, 3.8) is 0 Å². The van der Waals surface area contributed by atoms with Gasteiger partial charge in [-0.3, -0.25) is 4.68 Å². The molecule has 3 aromatic heterocycles. The van der Waals surface area contributed by atoms with E-state index in [1.165, 1.54) is 15.7 Å². The van der Waals surface area contributed by atoms with Gasteiger partial charge in [0.1, 0.15) is 6.20 Å². The highest BCUT2D eigenvalue weighted by Gasteiger charge is 2.25. The predicted octanol–water partition coefficient (Wildman–Crippen LogP) is 2.52. The fourth-order valence-corrected chi connectivity index (χ4v) is 3.08. The number of aromatic nitrogens is 4. The van der Waals surface area contributed by atoms with Crippen LogP contribution in [0, 0.1) is 17.0 Å². The largest absolute Gasteiger partial charge is 0.372 e. The number of hydrogen-bond donors (Lipinski definition) is 1. The Bertz CT molecular complexity index is 817. The normalized spacial score (nSPS) is 12.7. The van der Waals surface area contributed by atoms with Crippen molar-refractivity contribution in [1.29, 1.82) is 0 Å². The van der Waals surface area contributed by atoms with Gasteiger partial charge in [0.15, 0.2) is 0 Å². The molecule has 0 unspecified atom stereocenters. The van der Waals surface area contributed by atoms with Crippen LogP contribution in [-0.4, -0.2) is 24.1 Å². The van der Waals surface area contributed by atoms with E-state index in [0.717, 1.165) is 11.3 Å². The second-order valence-electron chi connectivity index (χ2n) is 4.81. The van der Waals surface area contributed by atoms with E-state index in [0.29, 0.717) is 4.96 Å². The van der Waals surface area contributed by atoms with Crippen molar-refractivity contribution in [2.24, 2.45) is 7.05 Å². The summed E-state index contributed by atoms with van der Waals surface area (Å²) in [5.41, 5.74) is 1.88. The minimum atomic E-state index is -0.419. The van der Waals surface area contributed by atoms with Crippen molar-refractivity contribution in [2.75, 3.05) is 5.32 Å². The monoisotopic (exact) mass is 306 g/mol. The highest BCUT2D eigenvalue weighted by atomic mass is 32.1. The van der Waals surface area contributed by atoms with E-state index in [1.807, 2.05) is 27.1 Å². The molecule has 1 N–H and O–H groups in total. The van der Waals surface area contributed by atoms with E-state index in [9.17, 15) is 10.1 Å². The Labute approximate surface area is 124 Å². The molecule has 8 nitrogen and oxygen atoms in total. The minimum Gasteiger partial charge on any atom is -0.358 e. The van der Waals surface area contributed by atoms with Gasteiger partial charge in [-0.05, 0) is 18.8 Å². The number of rotatable bonds is 4. The summed E-state index contributed by atoms with van der Waals surface area (Å²) in [6.45, 7) is 3.84. The summed E-state index contributed by atoms with van der Waals surface area (Å²) in [5.74, 6) is 0.238. The summed E-state index contributed by atoms with van der Waals surface area (Å²) in [6, 6.07) is -0.123. The highest BCUT2D eigenvalue weighted by Crippen LogP contribution is 2.31. The number of nitrogens with zero attached hydrogens (tertiary/aromatic N) is 5. The molecular weight excluding hydrogens is 292 g/mol. The van der Waals surface area contributed by atoms with Crippen molar-refractivity contribution >= 4 is 27.9 Å². The lowest BCUT2D eigenvalue weighted by Gasteiger charge is -2.12. The third-order valence-corrected chi connectivity index (χ3v) is 4.04. The molecule has 0 saturated carbocycles. The molecule has 3 rings (SSSR count). The lowest BCUT2D eigenvalue weighted by atomic mass is 10.1. The van der Waals surface area contributed by atoms with E-state index >= 15 is 0 Å². The molecule has 0 amide bonds. The maximum absolute atomic E-state index is 11.3. The second kappa shape index (κ2) is 4.85. The molecule has 0 bridgehead atoms. The van der Waals surface area contributed by atoms with Gasteiger partial charge in [0, 0.05) is 24.2 Å². The number of fused-ring (bicyclic) bond motifs is 1. The highest BCUT2D eigenvalue weighted by molar-refractivity contribution is 7.15. The summed E-state index contributed by atoms with van der Waals surface area (Å²) >= 11 is 1.36. The summed E-state index contributed by atoms with van der Waals surface area (Å²) in [7, 11) is 1.85. The number of nitrogens with one attached hydrogen (secondary N) is 1. The Kier molecular flexibility index (Phi) is 3.13. The van der Waals surface area contributed by atoms with Gasteiger partial charge in [-0.15, -0.1) is 0 Å². The summed E-state index contributed by atoms with van der Waals surface area (Å²) < 4.78 is 3.21. The fourth-order valence-electron chi connectivity index (χ4n) is 2.37. The zero-order valence-electron chi connectivity index (χ0n) is 11.8.